The van der Waals surface area contributed by atoms with Crippen LogP contribution in [0.5, 0.6) is 5.75 Å². The van der Waals surface area contributed by atoms with Crippen molar-refractivity contribution < 1.29 is 69.7 Å². The molecule has 302 valence electrons. The number of unbranched alkanes of at least 4 members (excludes halogenated alkanes) is 1. The maximum Gasteiger partial charge on any atom is 0.368 e. The number of hydrogen-bond donors (Lipinski definition) is 8. The predicted molar refractivity (Wildman–Crippen MR) is 199 cm³/mol. The zero-order valence-electron chi connectivity index (χ0n) is 32.8. The number of esters is 1. The number of para-hydroxylation sites is 1. The number of carbonyl (C=O) groups excluding carboxylic acids is 2. The largest absolute Gasteiger partial charge is 0.455 e. The Bertz CT molecular complexity index is 721. The number of hydrogen-bond acceptors (Lipinski definition) is 14. The lowest BCUT2D eigenvalue weighted by Crippen LogP contribution is -2.45. The Morgan fingerprint density at radius 2 is 0.920 bits per heavy atom. The summed E-state index contributed by atoms with van der Waals surface area (Å²) in [5, 5.41) is 60.6. The molecule has 0 radical (unpaired) electrons. The third-order valence-corrected chi connectivity index (χ3v) is 3.35. The molecule has 1 unspecified atom stereocenters. The summed E-state index contributed by atoms with van der Waals surface area (Å²) in [6.07, 6.45) is 1.87. The highest BCUT2D eigenvalue weighted by Gasteiger charge is 2.38. The Kier molecular flexibility index (Phi) is 80.3. The lowest BCUT2D eigenvalue weighted by molar-refractivity contribution is -0.391. The van der Waals surface area contributed by atoms with Gasteiger partial charge in [0.2, 0.25) is 0 Å². The molecule has 0 spiro atoms. The predicted octanol–water partition coefficient (Wildman–Crippen LogP) is 4.11. The van der Waals surface area contributed by atoms with Gasteiger partial charge in [0, 0.05) is 70.4 Å². The highest BCUT2D eigenvalue weighted by Crippen LogP contribution is 2.26. The molecule has 0 aliphatic heterocycles. The highest BCUT2D eigenvalue weighted by molar-refractivity contribution is 5.87. The first-order valence-corrected chi connectivity index (χ1v) is 16.6. The first-order chi connectivity index (χ1) is 23.6. The molecule has 1 aromatic carbocycles. The van der Waals surface area contributed by atoms with Crippen LogP contribution < -0.4 is 4.74 Å². The Morgan fingerprint density at radius 3 is 1.20 bits per heavy atom. The second-order valence-electron chi connectivity index (χ2n) is 8.55. The summed E-state index contributed by atoms with van der Waals surface area (Å²) < 4.78 is 11.2. The number of ether oxygens (including phenoxy) is 2. The Hall–Kier alpha value is -2.92. The molecule has 0 saturated carbocycles. The van der Waals surface area contributed by atoms with Crippen LogP contribution in [0.15, 0.2) is 54.6 Å². The molecule has 0 aliphatic rings. The van der Waals surface area contributed by atoms with Crippen molar-refractivity contribution in [1.82, 2.24) is 0 Å². The van der Waals surface area contributed by atoms with Crippen molar-refractivity contribution in [3.63, 3.8) is 0 Å². The molecule has 14 heteroatoms. The Balaban J connectivity index is -0.0000000997. The average molecular weight is 731 g/mol. The van der Waals surface area contributed by atoms with Gasteiger partial charge in [-0.25, -0.2) is 9.59 Å². The zero-order valence-corrected chi connectivity index (χ0v) is 32.8. The van der Waals surface area contributed by atoms with Crippen molar-refractivity contribution in [3.05, 3.63) is 54.6 Å². The lowest BCUT2D eigenvalue weighted by Gasteiger charge is -2.31. The molecule has 14 nitrogen and oxygen atoms in total. The fraction of sp³-hybridized carbons (Fsp3) is 0.667. The van der Waals surface area contributed by atoms with Crippen molar-refractivity contribution >= 4 is 11.9 Å². The van der Waals surface area contributed by atoms with Crippen LogP contribution in [0.4, 0.5) is 0 Å². The molecular weight excluding hydrogens is 656 g/mol. The van der Waals surface area contributed by atoms with E-state index in [1.54, 1.807) is 79.7 Å². The molecule has 1 aromatic rings. The van der Waals surface area contributed by atoms with Gasteiger partial charge >= 0.3 is 11.9 Å². The highest BCUT2D eigenvalue weighted by atomic mass is 17.2. The van der Waals surface area contributed by atoms with Gasteiger partial charge < -0.3 is 50.3 Å². The van der Waals surface area contributed by atoms with Gasteiger partial charge in [0.05, 0.1) is 0 Å². The molecule has 1 rings (SSSR count). The van der Waals surface area contributed by atoms with Gasteiger partial charge in [-0.3, -0.25) is 4.89 Å². The summed E-state index contributed by atoms with van der Waals surface area (Å²) in [4.78, 5) is 33.7. The van der Waals surface area contributed by atoms with Crippen LogP contribution in [-0.2, 0) is 24.1 Å². The minimum absolute atomic E-state index is 0.174. The molecule has 0 amide bonds. The van der Waals surface area contributed by atoms with Gasteiger partial charge in [0.1, 0.15) is 5.75 Å². The summed E-state index contributed by atoms with van der Waals surface area (Å²) in [7, 11) is 0. The summed E-state index contributed by atoms with van der Waals surface area (Å²) in [5.41, 5.74) is 0.418. The standard InChI is InChI=1S/C20H26O6.8C2H6O/c1-6-7-13-20(14-23-18(21)15(2)3,26-25-19(22)16(4)5)24-17-11-9-8-10-12-17;8*1-2-3/h8-12H,2,4,6-7,13-14H2,1,3,5H3;8*3H,2H2,1H3. The van der Waals surface area contributed by atoms with Crippen LogP contribution in [0.1, 0.15) is 95.4 Å². The second kappa shape index (κ2) is 61.3. The van der Waals surface area contributed by atoms with Gasteiger partial charge in [0.15, 0.2) is 6.61 Å². The average Bonchev–Trinajstić information content (AvgIpc) is 3.05. The minimum atomic E-state index is -1.48. The van der Waals surface area contributed by atoms with E-state index in [9.17, 15) is 9.59 Å². The van der Waals surface area contributed by atoms with Crippen LogP contribution in [-0.4, -0.2) is 118 Å². The SMILES string of the molecule is C=C(C)C(=O)OCC(CCCC)(OOC(=O)C(=C)C)Oc1ccccc1.CCO.CCO.CCO.CCO.CCO.CCO.CCO.CCO. The van der Waals surface area contributed by atoms with Crippen molar-refractivity contribution in [3.8, 4) is 5.75 Å². The van der Waals surface area contributed by atoms with E-state index >= 15 is 0 Å². The van der Waals surface area contributed by atoms with Crippen molar-refractivity contribution in [2.75, 3.05) is 59.5 Å². The molecule has 50 heavy (non-hydrogen) atoms. The summed E-state index contributed by atoms with van der Waals surface area (Å²) in [6.45, 7) is 27.3. The van der Waals surface area contributed by atoms with E-state index in [1.165, 1.54) is 13.8 Å². The van der Waals surface area contributed by atoms with Gasteiger partial charge in [-0.1, -0.05) is 44.7 Å². The molecule has 0 fully saturated rings. The quantitative estimate of drug-likeness (QED) is 0.0527. The van der Waals surface area contributed by atoms with Gasteiger partial charge in [-0.2, -0.15) is 0 Å². The second-order valence-corrected chi connectivity index (χ2v) is 8.55. The molecule has 0 aliphatic carbocycles. The van der Waals surface area contributed by atoms with E-state index in [0.29, 0.717) is 18.6 Å². The smallest absolute Gasteiger partial charge is 0.368 e. The maximum atomic E-state index is 11.8. The van der Waals surface area contributed by atoms with E-state index in [-0.39, 0.29) is 70.6 Å². The summed E-state index contributed by atoms with van der Waals surface area (Å²) in [5.74, 6) is -2.30. The summed E-state index contributed by atoms with van der Waals surface area (Å²) >= 11 is 0. The molecule has 8 N–H and O–H groups in total. The van der Waals surface area contributed by atoms with Crippen LogP contribution >= 0.6 is 0 Å². The fourth-order valence-electron chi connectivity index (χ4n) is 1.87. The fourth-order valence-corrected chi connectivity index (χ4v) is 1.87. The minimum Gasteiger partial charge on any atom is -0.455 e. The van der Waals surface area contributed by atoms with E-state index in [4.69, 9.17) is 60.1 Å². The number of aliphatic hydroxyl groups excluding tert-OH is 8. The van der Waals surface area contributed by atoms with Crippen LogP contribution in [0.2, 0.25) is 0 Å². The van der Waals surface area contributed by atoms with Crippen LogP contribution in [0, 0.1) is 0 Å². The van der Waals surface area contributed by atoms with Crippen molar-refractivity contribution in [2.24, 2.45) is 0 Å². The monoisotopic (exact) mass is 731 g/mol. The maximum absolute atomic E-state index is 11.8. The molecular formula is C36H74O14. The third-order valence-electron chi connectivity index (χ3n) is 3.35. The zero-order chi connectivity index (χ0) is 41.2. The molecule has 0 aromatic heterocycles. The first-order valence-electron chi connectivity index (χ1n) is 16.6. The number of rotatable bonds is 11. The van der Waals surface area contributed by atoms with Gasteiger partial charge in [-0.15, -0.1) is 4.89 Å². The number of carbonyl (C=O) groups is 2. The third kappa shape index (κ3) is 71.2. The van der Waals surface area contributed by atoms with E-state index in [2.05, 4.69) is 13.2 Å². The van der Waals surface area contributed by atoms with Crippen LogP contribution in [0.3, 0.4) is 0 Å². The van der Waals surface area contributed by atoms with Crippen molar-refractivity contribution in [1.29, 1.82) is 0 Å². The number of aliphatic hydroxyl groups is 8. The lowest BCUT2D eigenvalue weighted by atomic mass is 10.1. The summed E-state index contributed by atoms with van der Waals surface area (Å²) in [6, 6.07) is 8.87. The van der Waals surface area contributed by atoms with E-state index in [1.807, 2.05) is 13.0 Å². The molecule has 0 bridgehead atoms. The van der Waals surface area contributed by atoms with Crippen molar-refractivity contribution in [2.45, 2.75) is 101 Å². The molecule has 1 atom stereocenters. The molecule has 0 saturated heterocycles. The van der Waals surface area contributed by atoms with Gasteiger partial charge in [0.25, 0.3) is 5.79 Å². The van der Waals surface area contributed by atoms with Gasteiger partial charge in [-0.05, 0) is 87.8 Å². The Labute approximate surface area is 302 Å². The normalized spacial score (nSPS) is 9.42. The molecule has 0 heterocycles. The first kappa shape index (κ1) is 65.5. The number of benzene rings is 1. The van der Waals surface area contributed by atoms with E-state index < -0.39 is 17.7 Å². The van der Waals surface area contributed by atoms with Crippen LogP contribution in [0.25, 0.3) is 0 Å². The van der Waals surface area contributed by atoms with E-state index in [0.717, 1.165) is 6.42 Å². The Morgan fingerprint density at radius 1 is 0.600 bits per heavy atom. The topological polar surface area (TPSA) is 233 Å².